The molecule has 0 aliphatic rings. The first-order chi connectivity index (χ1) is 12.1. The fourth-order valence-corrected chi connectivity index (χ4v) is 3.63. The summed E-state index contributed by atoms with van der Waals surface area (Å²) in [6.45, 7) is 1.92. The number of aryl methyl sites for hydroxylation is 2. The van der Waals surface area contributed by atoms with E-state index >= 15 is 0 Å². The van der Waals surface area contributed by atoms with E-state index in [2.05, 4.69) is 15.4 Å². The van der Waals surface area contributed by atoms with Crippen LogP contribution in [0.3, 0.4) is 0 Å². The van der Waals surface area contributed by atoms with E-state index in [1.807, 2.05) is 62.5 Å². The number of aromatic nitrogens is 3. The fraction of sp³-hybridized carbons (Fsp3) is 0.105. The quantitative estimate of drug-likeness (QED) is 0.602. The lowest BCUT2D eigenvalue weighted by Gasteiger charge is -2.08. The van der Waals surface area contributed by atoms with Gasteiger partial charge in [0, 0.05) is 18.3 Å². The van der Waals surface area contributed by atoms with Crippen LogP contribution in [-0.4, -0.2) is 20.7 Å². The van der Waals surface area contributed by atoms with Crippen LogP contribution in [0.5, 0.6) is 0 Å². The zero-order chi connectivity index (χ0) is 17.4. The minimum Gasteiger partial charge on any atom is -0.320 e. The number of amides is 1. The summed E-state index contributed by atoms with van der Waals surface area (Å²) < 4.78 is 2.81. The monoisotopic (exact) mass is 348 g/mol. The number of para-hydroxylation sites is 2. The Morgan fingerprint density at radius 3 is 2.64 bits per heavy atom. The number of benzene rings is 2. The standard InChI is InChI=1S/C19H16N4OS/c1-12-11-16(22-23(12)2)18(24)20-14-8-4-3-7-13(14)19-21-15-9-5-6-10-17(15)25-19/h3-11H,1-2H3,(H,20,24). The molecular weight excluding hydrogens is 332 g/mol. The molecule has 25 heavy (non-hydrogen) atoms. The van der Waals surface area contributed by atoms with E-state index in [0.717, 1.165) is 32.2 Å². The molecule has 1 amide bonds. The molecule has 0 fully saturated rings. The van der Waals surface area contributed by atoms with Crippen LogP contribution in [0, 0.1) is 6.92 Å². The SMILES string of the molecule is Cc1cc(C(=O)Nc2ccccc2-c2nc3ccccc3s2)nn1C. The van der Waals surface area contributed by atoms with E-state index in [1.165, 1.54) is 0 Å². The predicted octanol–water partition coefficient (Wildman–Crippen LogP) is 4.26. The van der Waals surface area contributed by atoms with Crippen LogP contribution in [0.25, 0.3) is 20.8 Å². The van der Waals surface area contributed by atoms with Gasteiger partial charge in [0.15, 0.2) is 5.69 Å². The number of carbonyl (C=O) groups excluding carboxylic acids is 1. The highest BCUT2D eigenvalue weighted by Gasteiger charge is 2.15. The van der Waals surface area contributed by atoms with E-state index < -0.39 is 0 Å². The third-order valence-corrected chi connectivity index (χ3v) is 5.12. The second-order valence-electron chi connectivity index (χ2n) is 5.78. The number of hydrogen-bond donors (Lipinski definition) is 1. The van der Waals surface area contributed by atoms with E-state index in [1.54, 1.807) is 22.1 Å². The smallest absolute Gasteiger partial charge is 0.276 e. The molecule has 2 heterocycles. The van der Waals surface area contributed by atoms with Crippen LogP contribution in [-0.2, 0) is 7.05 Å². The molecule has 0 saturated heterocycles. The molecule has 0 unspecified atom stereocenters. The Morgan fingerprint density at radius 1 is 1.12 bits per heavy atom. The second kappa shape index (κ2) is 6.14. The van der Waals surface area contributed by atoms with Gasteiger partial charge >= 0.3 is 0 Å². The average Bonchev–Trinajstić information content (AvgIpc) is 3.19. The lowest BCUT2D eigenvalue weighted by molar-refractivity contribution is 0.102. The van der Waals surface area contributed by atoms with Crippen molar-refractivity contribution < 1.29 is 4.79 Å². The molecule has 0 aliphatic carbocycles. The molecule has 6 heteroatoms. The molecule has 0 bridgehead atoms. The summed E-state index contributed by atoms with van der Waals surface area (Å²) in [4.78, 5) is 17.2. The number of rotatable bonds is 3. The number of nitrogens with one attached hydrogen (secondary N) is 1. The van der Waals surface area contributed by atoms with Crippen LogP contribution < -0.4 is 5.32 Å². The van der Waals surface area contributed by atoms with Crippen molar-refractivity contribution in [3.05, 3.63) is 66.0 Å². The largest absolute Gasteiger partial charge is 0.320 e. The molecule has 0 spiro atoms. The van der Waals surface area contributed by atoms with Gasteiger partial charge in [-0.3, -0.25) is 9.48 Å². The first kappa shape index (κ1) is 15.5. The summed E-state index contributed by atoms with van der Waals surface area (Å²) in [7, 11) is 1.82. The molecule has 1 N–H and O–H groups in total. The van der Waals surface area contributed by atoms with E-state index in [0.29, 0.717) is 5.69 Å². The van der Waals surface area contributed by atoms with Gasteiger partial charge in [-0.25, -0.2) is 4.98 Å². The molecular formula is C19H16N4OS. The van der Waals surface area contributed by atoms with Crippen molar-refractivity contribution >= 4 is 33.1 Å². The fourth-order valence-electron chi connectivity index (χ4n) is 2.62. The van der Waals surface area contributed by atoms with Gasteiger partial charge < -0.3 is 5.32 Å². The summed E-state index contributed by atoms with van der Waals surface area (Å²) in [6, 6.07) is 17.5. The first-order valence-electron chi connectivity index (χ1n) is 7.89. The van der Waals surface area contributed by atoms with E-state index in [9.17, 15) is 4.79 Å². The Balaban J connectivity index is 1.70. The van der Waals surface area contributed by atoms with Crippen molar-refractivity contribution in [1.29, 1.82) is 0 Å². The normalized spacial score (nSPS) is 11.0. The van der Waals surface area contributed by atoms with Crippen LogP contribution in [0.4, 0.5) is 5.69 Å². The van der Waals surface area contributed by atoms with Crippen LogP contribution in [0.15, 0.2) is 54.6 Å². The second-order valence-corrected chi connectivity index (χ2v) is 6.81. The first-order valence-corrected chi connectivity index (χ1v) is 8.70. The Labute approximate surface area is 149 Å². The number of carbonyl (C=O) groups is 1. The highest BCUT2D eigenvalue weighted by molar-refractivity contribution is 7.21. The molecule has 124 valence electrons. The number of nitrogens with zero attached hydrogens (tertiary/aromatic N) is 3. The molecule has 4 aromatic rings. The van der Waals surface area contributed by atoms with Crippen molar-refractivity contribution in [1.82, 2.24) is 14.8 Å². The predicted molar refractivity (Wildman–Crippen MR) is 101 cm³/mol. The van der Waals surface area contributed by atoms with Crippen molar-refractivity contribution in [3.63, 3.8) is 0 Å². The Kier molecular flexibility index (Phi) is 3.82. The average molecular weight is 348 g/mol. The van der Waals surface area contributed by atoms with E-state index in [4.69, 9.17) is 0 Å². The third-order valence-electron chi connectivity index (χ3n) is 4.05. The van der Waals surface area contributed by atoms with Gasteiger partial charge in [-0.2, -0.15) is 5.10 Å². The molecule has 2 aromatic carbocycles. The van der Waals surface area contributed by atoms with Crippen molar-refractivity contribution in [2.24, 2.45) is 7.05 Å². The molecule has 0 saturated carbocycles. The maximum Gasteiger partial charge on any atom is 0.276 e. The van der Waals surface area contributed by atoms with Gasteiger partial charge in [0.2, 0.25) is 0 Å². The van der Waals surface area contributed by atoms with Crippen LogP contribution in [0.1, 0.15) is 16.2 Å². The topological polar surface area (TPSA) is 59.8 Å². The van der Waals surface area contributed by atoms with Crippen LogP contribution >= 0.6 is 11.3 Å². The molecule has 0 radical (unpaired) electrons. The van der Waals surface area contributed by atoms with Crippen molar-refractivity contribution in [3.8, 4) is 10.6 Å². The molecule has 2 aromatic heterocycles. The zero-order valence-electron chi connectivity index (χ0n) is 13.9. The Hall–Kier alpha value is -2.99. The summed E-state index contributed by atoms with van der Waals surface area (Å²) >= 11 is 1.61. The molecule has 0 atom stereocenters. The van der Waals surface area contributed by atoms with Gasteiger partial charge in [-0.05, 0) is 37.3 Å². The van der Waals surface area contributed by atoms with Gasteiger partial charge in [-0.15, -0.1) is 11.3 Å². The Morgan fingerprint density at radius 2 is 1.88 bits per heavy atom. The number of anilines is 1. The molecule has 5 nitrogen and oxygen atoms in total. The van der Waals surface area contributed by atoms with Crippen LogP contribution in [0.2, 0.25) is 0 Å². The van der Waals surface area contributed by atoms with Crippen molar-refractivity contribution in [2.45, 2.75) is 6.92 Å². The number of thiazole rings is 1. The molecule has 0 aliphatic heterocycles. The summed E-state index contributed by atoms with van der Waals surface area (Å²) in [5.74, 6) is -0.225. The molecule has 4 rings (SSSR count). The lowest BCUT2D eigenvalue weighted by atomic mass is 10.2. The maximum absolute atomic E-state index is 12.5. The highest BCUT2D eigenvalue weighted by Crippen LogP contribution is 2.34. The minimum absolute atomic E-state index is 0.225. The summed E-state index contributed by atoms with van der Waals surface area (Å²) in [5.41, 5.74) is 3.94. The zero-order valence-corrected chi connectivity index (χ0v) is 14.7. The highest BCUT2D eigenvalue weighted by atomic mass is 32.1. The summed E-state index contributed by atoms with van der Waals surface area (Å²) in [5, 5.41) is 8.08. The van der Waals surface area contributed by atoms with Gasteiger partial charge in [-0.1, -0.05) is 24.3 Å². The van der Waals surface area contributed by atoms with Gasteiger partial charge in [0.05, 0.1) is 15.9 Å². The van der Waals surface area contributed by atoms with Gasteiger partial charge in [0.1, 0.15) is 5.01 Å². The van der Waals surface area contributed by atoms with E-state index in [-0.39, 0.29) is 5.91 Å². The van der Waals surface area contributed by atoms with Gasteiger partial charge in [0.25, 0.3) is 5.91 Å². The third kappa shape index (κ3) is 2.92. The summed E-state index contributed by atoms with van der Waals surface area (Å²) in [6.07, 6.45) is 0. The number of fused-ring (bicyclic) bond motifs is 1. The number of hydrogen-bond acceptors (Lipinski definition) is 4. The Bertz CT molecular complexity index is 1030. The minimum atomic E-state index is -0.225. The lowest BCUT2D eigenvalue weighted by Crippen LogP contribution is -2.13. The van der Waals surface area contributed by atoms with Crippen molar-refractivity contribution in [2.75, 3.05) is 5.32 Å². The maximum atomic E-state index is 12.5.